The number of aromatic nitrogens is 2. The highest BCUT2D eigenvalue weighted by molar-refractivity contribution is 5.22. The van der Waals surface area contributed by atoms with Gasteiger partial charge in [-0.15, -0.1) is 12.3 Å². The van der Waals surface area contributed by atoms with Crippen LogP contribution in [0.5, 0.6) is 0 Å². The van der Waals surface area contributed by atoms with E-state index in [0.717, 1.165) is 12.4 Å². The van der Waals surface area contributed by atoms with Crippen molar-refractivity contribution in [3.63, 3.8) is 0 Å². The number of nitrogens with one attached hydrogen (secondary N) is 1. The summed E-state index contributed by atoms with van der Waals surface area (Å²) < 4.78 is 12.3. The highest BCUT2D eigenvalue weighted by Gasteiger charge is 1.93. The Morgan fingerprint density at radius 1 is 1.50 bits per heavy atom. The van der Waals surface area contributed by atoms with E-state index >= 15 is 0 Å². The molecule has 0 spiro atoms. The van der Waals surface area contributed by atoms with Gasteiger partial charge >= 0.3 is 0 Å². The third-order valence-electron chi connectivity index (χ3n) is 1.17. The van der Waals surface area contributed by atoms with Gasteiger partial charge in [-0.2, -0.15) is 0 Å². The molecule has 1 aromatic rings. The summed E-state index contributed by atoms with van der Waals surface area (Å²) in [5.74, 6) is 2.41. The molecule has 0 saturated carbocycles. The van der Waals surface area contributed by atoms with Crippen molar-refractivity contribution in [2.24, 2.45) is 0 Å². The van der Waals surface area contributed by atoms with Crippen LogP contribution >= 0.6 is 0 Å². The Bertz CT molecular complexity index is 275. The zero-order valence-corrected chi connectivity index (χ0v) is 6.42. The van der Waals surface area contributed by atoms with Crippen molar-refractivity contribution in [1.29, 1.82) is 0 Å². The molecule has 1 N–H and O–H groups in total. The number of hydrogen-bond donors (Lipinski definition) is 1. The van der Waals surface area contributed by atoms with Crippen molar-refractivity contribution < 1.29 is 4.39 Å². The van der Waals surface area contributed by atoms with Crippen LogP contribution < -0.4 is 5.32 Å². The van der Waals surface area contributed by atoms with Crippen LogP contribution in [0.25, 0.3) is 0 Å². The van der Waals surface area contributed by atoms with Gasteiger partial charge in [-0.05, 0) is 0 Å². The quantitative estimate of drug-likeness (QED) is 0.537. The van der Waals surface area contributed by atoms with Gasteiger partial charge < -0.3 is 5.32 Å². The Kier molecular flexibility index (Phi) is 3.03. The van der Waals surface area contributed by atoms with Crippen LogP contribution in [0.15, 0.2) is 12.4 Å². The molecule has 1 rings (SSSR count). The minimum absolute atomic E-state index is 0.395. The fraction of sp³-hybridized carbons (Fsp3) is 0.250. The zero-order chi connectivity index (χ0) is 8.81. The minimum Gasteiger partial charge on any atom is -0.353 e. The van der Waals surface area contributed by atoms with E-state index < -0.39 is 5.82 Å². The molecule has 1 aromatic heterocycles. The first-order valence-electron chi connectivity index (χ1n) is 3.48. The Hall–Kier alpha value is -1.63. The normalized spacial score (nSPS) is 9.00. The van der Waals surface area contributed by atoms with Gasteiger partial charge in [0.15, 0.2) is 5.82 Å². The van der Waals surface area contributed by atoms with E-state index in [9.17, 15) is 4.39 Å². The molecule has 0 aliphatic rings. The van der Waals surface area contributed by atoms with Crippen LogP contribution in [0.3, 0.4) is 0 Å². The van der Waals surface area contributed by atoms with Crippen molar-refractivity contribution >= 4 is 5.95 Å². The lowest BCUT2D eigenvalue weighted by atomic mass is 10.4. The average molecular weight is 165 g/mol. The largest absolute Gasteiger partial charge is 0.353 e. The number of nitrogens with zero attached hydrogens (tertiary/aromatic N) is 2. The molecular formula is C8H8FN3. The van der Waals surface area contributed by atoms with Gasteiger partial charge in [0.1, 0.15) is 0 Å². The first kappa shape index (κ1) is 8.47. The van der Waals surface area contributed by atoms with Crippen molar-refractivity contribution in [1.82, 2.24) is 9.97 Å². The molecule has 0 bridgehead atoms. The summed E-state index contributed by atoms with van der Waals surface area (Å²) in [5, 5.41) is 2.84. The first-order chi connectivity index (χ1) is 5.83. The topological polar surface area (TPSA) is 37.8 Å². The fourth-order valence-corrected chi connectivity index (χ4v) is 0.650. The molecule has 3 nitrogen and oxygen atoms in total. The maximum absolute atomic E-state index is 12.3. The number of hydrogen-bond acceptors (Lipinski definition) is 3. The van der Waals surface area contributed by atoms with Crippen LogP contribution in [0.1, 0.15) is 6.42 Å². The van der Waals surface area contributed by atoms with E-state index in [1.807, 2.05) is 0 Å². The van der Waals surface area contributed by atoms with Gasteiger partial charge in [-0.3, -0.25) is 0 Å². The molecule has 0 aliphatic carbocycles. The first-order valence-corrected chi connectivity index (χ1v) is 3.48. The number of halogens is 1. The molecule has 1 heterocycles. The molecule has 0 radical (unpaired) electrons. The van der Waals surface area contributed by atoms with Crippen molar-refractivity contribution in [3.8, 4) is 12.3 Å². The smallest absolute Gasteiger partial charge is 0.222 e. The summed E-state index contributed by atoms with van der Waals surface area (Å²) in [5.41, 5.74) is 0. The van der Waals surface area contributed by atoms with Crippen LogP contribution in [0.2, 0.25) is 0 Å². The van der Waals surface area contributed by atoms with E-state index in [0.29, 0.717) is 18.9 Å². The molecule has 62 valence electrons. The highest BCUT2D eigenvalue weighted by Crippen LogP contribution is 1.97. The molecule has 0 saturated heterocycles. The second-order valence-electron chi connectivity index (χ2n) is 2.11. The predicted molar refractivity (Wildman–Crippen MR) is 43.9 cm³/mol. The van der Waals surface area contributed by atoms with Gasteiger partial charge in [-0.1, -0.05) is 0 Å². The van der Waals surface area contributed by atoms with Crippen LogP contribution in [0, 0.1) is 18.2 Å². The van der Waals surface area contributed by atoms with E-state index in [2.05, 4.69) is 21.2 Å². The second kappa shape index (κ2) is 4.29. The van der Waals surface area contributed by atoms with Gasteiger partial charge in [0.2, 0.25) is 5.95 Å². The fourth-order valence-electron chi connectivity index (χ4n) is 0.650. The monoisotopic (exact) mass is 165 g/mol. The number of rotatable bonds is 3. The molecule has 4 heteroatoms. The summed E-state index contributed by atoms with van der Waals surface area (Å²) in [6.07, 6.45) is 7.83. The summed E-state index contributed by atoms with van der Waals surface area (Å²) in [6, 6.07) is 0. The summed E-state index contributed by atoms with van der Waals surface area (Å²) >= 11 is 0. The molecule has 0 aliphatic heterocycles. The minimum atomic E-state index is -0.447. The van der Waals surface area contributed by atoms with Crippen LogP contribution in [-0.4, -0.2) is 16.5 Å². The van der Waals surface area contributed by atoms with Crippen molar-refractivity contribution in [2.45, 2.75) is 6.42 Å². The average Bonchev–Trinajstić information content (AvgIpc) is 2.09. The molecule has 0 amide bonds. The highest BCUT2D eigenvalue weighted by atomic mass is 19.1. The third-order valence-corrected chi connectivity index (χ3v) is 1.17. The van der Waals surface area contributed by atoms with E-state index in [1.54, 1.807) is 0 Å². The Balaban J connectivity index is 2.43. The van der Waals surface area contributed by atoms with E-state index in [4.69, 9.17) is 6.42 Å². The van der Waals surface area contributed by atoms with E-state index in [1.165, 1.54) is 0 Å². The predicted octanol–water partition coefficient (Wildman–Crippen LogP) is 1.05. The molecule has 0 aromatic carbocycles. The van der Waals surface area contributed by atoms with Crippen LogP contribution in [0.4, 0.5) is 10.3 Å². The zero-order valence-electron chi connectivity index (χ0n) is 6.42. The molecule has 0 atom stereocenters. The van der Waals surface area contributed by atoms with Gasteiger partial charge in [0, 0.05) is 13.0 Å². The molecular weight excluding hydrogens is 157 g/mol. The van der Waals surface area contributed by atoms with Crippen molar-refractivity contribution in [3.05, 3.63) is 18.2 Å². The Morgan fingerprint density at radius 2 is 2.17 bits per heavy atom. The van der Waals surface area contributed by atoms with Gasteiger partial charge in [0.25, 0.3) is 0 Å². The third kappa shape index (κ3) is 2.54. The van der Waals surface area contributed by atoms with Gasteiger partial charge in [-0.25, -0.2) is 14.4 Å². The van der Waals surface area contributed by atoms with Crippen molar-refractivity contribution in [2.75, 3.05) is 11.9 Å². The molecule has 0 unspecified atom stereocenters. The van der Waals surface area contributed by atoms with E-state index in [-0.39, 0.29) is 0 Å². The maximum atomic E-state index is 12.3. The lowest BCUT2D eigenvalue weighted by Crippen LogP contribution is -2.04. The summed E-state index contributed by atoms with van der Waals surface area (Å²) in [7, 11) is 0. The summed E-state index contributed by atoms with van der Waals surface area (Å²) in [6.45, 7) is 0.599. The lowest BCUT2D eigenvalue weighted by molar-refractivity contribution is 0.614. The Morgan fingerprint density at radius 3 is 2.75 bits per heavy atom. The van der Waals surface area contributed by atoms with Crippen LogP contribution in [-0.2, 0) is 0 Å². The molecule has 12 heavy (non-hydrogen) atoms. The molecule has 0 fully saturated rings. The number of anilines is 1. The lowest BCUT2D eigenvalue weighted by Gasteiger charge is -1.99. The standard InChI is InChI=1S/C8H8FN3/c1-2-3-4-10-8-11-5-7(9)6-12-8/h1,5-6H,3-4H2,(H,10,11,12). The Labute approximate surface area is 70.0 Å². The SMILES string of the molecule is C#CCCNc1ncc(F)cn1. The second-order valence-corrected chi connectivity index (χ2v) is 2.11. The summed E-state index contributed by atoms with van der Waals surface area (Å²) in [4.78, 5) is 7.37. The maximum Gasteiger partial charge on any atom is 0.222 e. The van der Waals surface area contributed by atoms with Gasteiger partial charge in [0.05, 0.1) is 12.4 Å². The number of terminal acetylenes is 1.